The van der Waals surface area contributed by atoms with Crippen molar-refractivity contribution in [2.75, 3.05) is 13.2 Å². The first-order chi connectivity index (χ1) is 10.4. The van der Waals surface area contributed by atoms with Crippen LogP contribution in [0.2, 0.25) is 0 Å². The molecular formula is C17H23N3O. The van der Waals surface area contributed by atoms with Gasteiger partial charge >= 0.3 is 0 Å². The van der Waals surface area contributed by atoms with Crippen molar-refractivity contribution in [3.63, 3.8) is 0 Å². The lowest BCUT2D eigenvalue weighted by molar-refractivity contribution is 0.118. The van der Waals surface area contributed by atoms with Crippen molar-refractivity contribution >= 4 is 0 Å². The first-order valence-electron chi connectivity index (χ1n) is 7.79. The molecule has 4 heteroatoms. The normalized spacial score (nSPS) is 20.3. The van der Waals surface area contributed by atoms with E-state index >= 15 is 0 Å². The molecule has 21 heavy (non-hydrogen) atoms. The first-order valence-corrected chi connectivity index (χ1v) is 7.79. The van der Waals surface area contributed by atoms with Crippen LogP contribution in [0, 0.1) is 0 Å². The van der Waals surface area contributed by atoms with Gasteiger partial charge in [0.15, 0.2) is 0 Å². The molecule has 1 saturated heterocycles. The molecule has 1 aromatic carbocycles. The molecule has 1 fully saturated rings. The van der Waals surface area contributed by atoms with Gasteiger partial charge in [-0.25, -0.2) is 4.98 Å². The fourth-order valence-electron chi connectivity index (χ4n) is 3.07. The van der Waals surface area contributed by atoms with Gasteiger partial charge in [0.1, 0.15) is 0 Å². The summed E-state index contributed by atoms with van der Waals surface area (Å²) < 4.78 is 2.01. The van der Waals surface area contributed by atoms with Gasteiger partial charge in [-0.05, 0) is 37.1 Å². The summed E-state index contributed by atoms with van der Waals surface area (Å²) in [7, 11) is 0. The Morgan fingerprint density at radius 3 is 2.71 bits per heavy atom. The Kier molecular flexibility index (Phi) is 4.68. The maximum absolute atomic E-state index is 9.58. The number of aliphatic hydroxyl groups excluding tert-OH is 1. The van der Waals surface area contributed by atoms with E-state index in [0.29, 0.717) is 6.04 Å². The predicted octanol–water partition coefficient (Wildman–Crippen LogP) is 2.61. The van der Waals surface area contributed by atoms with E-state index in [1.807, 2.05) is 17.1 Å². The topological polar surface area (TPSA) is 41.3 Å². The minimum Gasteiger partial charge on any atom is -0.395 e. The Hall–Kier alpha value is -1.65. The summed E-state index contributed by atoms with van der Waals surface area (Å²) in [5.41, 5.74) is 2.44. The Morgan fingerprint density at radius 2 is 2.00 bits per heavy atom. The Labute approximate surface area is 126 Å². The quantitative estimate of drug-likeness (QED) is 0.939. The third-order valence-electron chi connectivity index (χ3n) is 4.33. The molecule has 1 N–H and O–H groups in total. The number of hydrogen-bond acceptors (Lipinski definition) is 3. The number of hydrogen-bond donors (Lipinski definition) is 1. The van der Waals surface area contributed by atoms with Crippen LogP contribution in [0.1, 0.15) is 31.2 Å². The molecule has 2 heterocycles. The third kappa shape index (κ3) is 3.52. The molecule has 0 aliphatic carbocycles. The molecule has 0 bridgehead atoms. The van der Waals surface area contributed by atoms with E-state index in [-0.39, 0.29) is 6.61 Å². The van der Waals surface area contributed by atoms with E-state index in [0.717, 1.165) is 25.2 Å². The lowest BCUT2D eigenvalue weighted by Gasteiger charge is -2.28. The van der Waals surface area contributed by atoms with Crippen LogP contribution in [0.4, 0.5) is 0 Å². The van der Waals surface area contributed by atoms with Crippen molar-refractivity contribution in [2.24, 2.45) is 0 Å². The number of benzene rings is 1. The maximum atomic E-state index is 9.58. The van der Waals surface area contributed by atoms with E-state index in [1.165, 1.54) is 24.8 Å². The van der Waals surface area contributed by atoms with Gasteiger partial charge in [0.2, 0.25) is 0 Å². The van der Waals surface area contributed by atoms with Gasteiger partial charge in [0.25, 0.3) is 0 Å². The van der Waals surface area contributed by atoms with Gasteiger partial charge in [-0.1, -0.05) is 25.0 Å². The molecule has 1 aromatic heterocycles. The monoisotopic (exact) mass is 285 g/mol. The molecule has 2 aromatic rings. The van der Waals surface area contributed by atoms with Gasteiger partial charge in [0.05, 0.1) is 12.9 Å². The lowest BCUT2D eigenvalue weighted by Crippen LogP contribution is -2.36. The molecule has 1 aliphatic heterocycles. The molecule has 0 radical (unpaired) electrons. The van der Waals surface area contributed by atoms with Crippen LogP contribution in [-0.4, -0.2) is 38.8 Å². The predicted molar refractivity (Wildman–Crippen MR) is 83.3 cm³/mol. The van der Waals surface area contributed by atoms with E-state index in [1.54, 1.807) is 6.20 Å². The van der Waals surface area contributed by atoms with Crippen LogP contribution in [0.25, 0.3) is 5.69 Å². The molecule has 3 rings (SSSR count). The Balaban J connectivity index is 1.69. The fourth-order valence-corrected chi connectivity index (χ4v) is 3.07. The van der Waals surface area contributed by atoms with Crippen LogP contribution < -0.4 is 0 Å². The highest BCUT2D eigenvalue weighted by Crippen LogP contribution is 2.19. The van der Waals surface area contributed by atoms with Crippen LogP contribution in [-0.2, 0) is 6.54 Å². The molecule has 1 atom stereocenters. The van der Waals surface area contributed by atoms with E-state index in [2.05, 4.69) is 34.1 Å². The molecular weight excluding hydrogens is 262 g/mol. The van der Waals surface area contributed by atoms with Crippen molar-refractivity contribution in [3.8, 4) is 5.69 Å². The summed E-state index contributed by atoms with van der Waals surface area (Å²) in [6.45, 7) is 2.29. The Bertz CT molecular complexity index is 536. The average molecular weight is 285 g/mol. The smallest absolute Gasteiger partial charge is 0.0991 e. The van der Waals surface area contributed by atoms with Crippen LogP contribution in [0.3, 0.4) is 0 Å². The summed E-state index contributed by atoms with van der Waals surface area (Å²) in [6.07, 6.45) is 10.4. The minimum atomic E-state index is 0.271. The third-order valence-corrected chi connectivity index (χ3v) is 4.33. The van der Waals surface area contributed by atoms with Crippen molar-refractivity contribution in [3.05, 3.63) is 48.5 Å². The Morgan fingerprint density at radius 1 is 1.14 bits per heavy atom. The number of rotatable bonds is 4. The highest BCUT2D eigenvalue weighted by Gasteiger charge is 2.20. The van der Waals surface area contributed by atoms with Gasteiger partial charge < -0.3 is 9.67 Å². The summed E-state index contributed by atoms with van der Waals surface area (Å²) >= 11 is 0. The second-order valence-electron chi connectivity index (χ2n) is 5.79. The second-order valence-corrected chi connectivity index (χ2v) is 5.79. The second kappa shape index (κ2) is 6.87. The molecule has 0 spiro atoms. The van der Waals surface area contributed by atoms with Crippen LogP contribution in [0.5, 0.6) is 0 Å². The van der Waals surface area contributed by atoms with E-state index < -0.39 is 0 Å². The van der Waals surface area contributed by atoms with Gasteiger partial charge in [-0.2, -0.15) is 0 Å². The zero-order valence-electron chi connectivity index (χ0n) is 12.4. The van der Waals surface area contributed by atoms with Gasteiger partial charge in [0, 0.05) is 30.7 Å². The SMILES string of the molecule is OC[C@H]1CCCCCN1Cc1ccc(-n2ccnc2)cc1. The lowest BCUT2D eigenvalue weighted by atomic mass is 10.1. The van der Waals surface area contributed by atoms with Gasteiger partial charge in [-0.3, -0.25) is 4.90 Å². The van der Waals surface area contributed by atoms with Crippen molar-refractivity contribution < 1.29 is 5.11 Å². The molecule has 1 aliphatic rings. The summed E-state index contributed by atoms with van der Waals surface area (Å²) in [5.74, 6) is 0. The van der Waals surface area contributed by atoms with Crippen molar-refractivity contribution in [1.29, 1.82) is 0 Å². The summed E-state index contributed by atoms with van der Waals surface area (Å²) in [5, 5.41) is 9.58. The maximum Gasteiger partial charge on any atom is 0.0991 e. The number of nitrogens with zero attached hydrogens (tertiary/aromatic N) is 3. The number of likely N-dealkylation sites (tertiary alicyclic amines) is 1. The molecule has 0 amide bonds. The average Bonchev–Trinajstić information content (AvgIpc) is 2.96. The van der Waals surface area contributed by atoms with Crippen molar-refractivity contribution in [2.45, 2.75) is 38.3 Å². The van der Waals surface area contributed by atoms with E-state index in [9.17, 15) is 5.11 Å². The molecule has 4 nitrogen and oxygen atoms in total. The van der Waals surface area contributed by atoms with Crippen LogP contribution >= 0.6 is 0 Å². The standard InChI is InChI=1S/C17H23N3O/c21-13-17-4-2-1-3-10-19(17)12-15-5-7-16(8-6-15)20-11-9-18-14-20/h5-9,11,14,17,21H,1-4,10,12-13H2/t17-/m1/s1. The van der Waals surface area contributed by atoms with Crippen LogP contribution in [0.15, 0.2) is 43.0 Å². The fraction of sp³-hybridized carbons (Fsp3) is 0.471. The summed E-state index contributed by atoms with van der Waals surface area (Å²) in [4.78, 5) is 6.50. The molecule has 0 unspecified atom stereocenters. The van der Waals surface area contributed by atoms with Crippen molar-refractivity contribution in [1.82, 2.24) is 14.5 Å². The number of imidazole rings is 1. The highest BCUT2D eigenvalue weighted by atomic mass is 16.3. The summed E-state index contributed by atoms with van der Waals surface area (Å²) in [6, 6.07) is 8.93. The molecule has 112 valence electrons. The highest BCUT2D eigenvalue weighted by molar-refractivity contribution is 5.34. The van der Waals surface area contributed by atoms with Gasteiger partial charge in [-0.15, -0.1) is 0 Å². The van der Waals surface area contributed by atoms with E-state index in [4.69, 9.17) is 0 Å². The molecule has 0 saturated carbocycles. The number of aromatic nitrogens is 2. The zero-order valence-corrected chi connectivity index (χ0v) is 12.4. The zero-order chi connectivity index (χ0) is 14.5. The first kappa shape index (κ1) is 14.3. The minimum absolute atomic E-state index is 0.271. The largest absolute Gasteiger partial charge is 0.395 e. The number of aliphatic hydroxyl groups is 1.